The number of ether oxygens (including phenoxy) is 1. The van der Waals surface area contributed by atoms with E-state index in [-0.39, 0.29) is 12.1 Å². The van der Waals surface area contributed by atoms with Crippen molar-refractivity contribution in [2.75, 3.05) is 19.7 Å². The van der Waals surface area contributed by atoms with Crippen LogP contribution in [0.3, 0.4) is 0 Å². The van der Waals surface area contributed by atoms with Gasteiger partial charge in [0, 0.05) is 19.7 Å². The molecule has 1 aliphatic rings. The summed E-state index contributed by atoms with van der Waals surface area (Å²) < 4.78 is 5.43. The first-order chi connectivity index (χ1) is 8.34. The van der Waals surface area contributed by atoms with Crippen LogP contribution in [0.25, 0.3) is 0 Å². The number of urea groups is 1. The molecule has 1 aliphatic heterocycles. The summed E-state index contributed by atoms with van der Waals surface area (Å²) in [6.45, 7) is 2.12. The molecule has 0 bridgehead atoms. The first kappa shape index (κ1) is 12.4. The summed E-state index contributed by atoms with van der Waals surface area (Å²) in [6, 6.07) is 1.98. The standard InChI is InChI=1S/C12H18N2O2S/c15-12(14-8-11-2-1-6-16-11)13-5-3-10-4-7-17-9-10/h4,7,9,11H,1-3,5-6,8H2,(H2,13,14,15). The zero-order valence-corrected chi connectivity index (χ0v) is 10.6. The van der Waals surface area contributed by atoms with E-state index in [1.54, 1.807) is 11.3 Å². The third kappa shape index (κ3) is 4.36. The van der Waals surface area contributed by atoms with Crippen LogP contribution in [-0.4, -0.2) is 31.8 Å². The number of carbonyl (C=O) groups is 1. The molecule has 0 aromatic carbocycles. The lowest BCUT2D eigenvalue weighted by molar-refractivity contribution is 0.111. The maximum Gasteiger partial charge on any atom is 0.314 e. The Morgan fingerprint density at radius 3 is 3.18 bits per heavy atom. The highest BCUT2D eigenvalue weighted by molar-refractivity contribution is 7.07. The molecule has 1 fully saturated rings. The van der Waals surface area contributed by atoms with Crippen molar-refractivity contribution >= 4 is 17.4 Å². The molecule has 1 aromatic rings. The third-order valence-corrected chi connectivity index (χ3v) is 3.53. The van der Waals surface area contributed by atoms with Gasteiger partial charge in [0.05, 0.1) is 6.10 Å². The SMILES string of the molecule is O=C(NCCc1ccsc1)NCC1CCCO1. The summed E-state index contributed by atoms with van der Waals surface area (Å²) in [7, 11) is 0. The van der Waals surface area contributed by atoms with Crippen molar-refractivity contribution in [3.05, 3.63) is 22.4 Å². The van der Waals surface area contributed by atoms with E-state index in [2.05, 4.69) is 22.1 Å². The molecule has 0 aliphatic carbocycles. The van der Waals surface area contributed by atoms with Crippen molar-refractivity contribution in [3.63, 3.8) is 0 Å². The van der Waals surface area contributed by atoms with E-state index >= 15 is 0 Å². The predicted octanol–water partition coefficient (Wildman–Crippen LogP) is 1.77. The first-order valence-corrected chi connectivity index (χ1v) is 6.93. The second-order valence-electron chi connectivity index (χ2n) is 4.15. The minimum atomic E-state index is -0.101. The molecule has 1 aromatic heterocycles. The molecule has 2 amide bonds. The van der Waals surface area contributed by atoms with Crippen LogP contribution in [0.4, 0.5) is 4.79 Å². The van der Waals surface area contributed by atoms with Crippen LogP contribution in [0, 0.1) is 0 Å². The van der Waals surface area contributed by atoms with Gasteiger partial charge in [-0.05, 0) is 41.7 Å². The minimum Gasteiger partial charge on any atom is -0.376 e. The van der Waals surface area contributed by atoms with Crippen molar-refractivity contribution in [1.29, 1.82) is 0 Å². The Balaban J connectivity index is 1.54. The summed E-state index contributed by atoms with van der Waals surface area (Å²) in [5.41, 5.74) is 1.27. The second kappa shape index (κ2) is 6.61. The molecular formula is C12H18N2O2S. The Hall–Kier alpha value is -1.07. The predicted molar refractivity (Wildman–Crippen MR) is 68.4 cm³/mol. The van der Waals surface area contributed by atoms with Crippen LogP contribution < -0.4 is 10.6 Å². The van der Waals surface area contributed by atoms with Crippen LogP contribution in [-0.2, 0) is 11.2 Å². The number of rotatable bonds is 5. The highest BCUT2D eigenvalue weighted by atomic mass is 32.1. The van der Waals surface area contributed by atoms with Crippen molar-refractivity contribution < 1.29 is 9.53 Å². The molecule has 2 heterocycles. The Morgan fingerprint density at radius 1 is 1.53 bits per heavy atom. The van der Waals surface area contributed by atoms with E-state index in [0.717, 1.165) is 25.9 Å². The smallest absolute Gasteiger partial charge is 0.314 e. The first-order valence-electron chi connectivity index (χ1n) is 5.99. The summed E-state index contributed by atoms with van der Waals surface area (Å²) in [6.07, 6.45) is 3.25. The minimum absolute atomic E-state index is 0.101. The Morgan fingerprint density at radius 2 is 2.47 bits per heavy atom. The van der Waals surface area contributed by atoms with E-state index in [4.69, 9.17) is 4.74 Å². The maximum atomic E-state index is 11.5. The number of thiophene rings is 1. The zero-order chi connectivity index (χ0) is 11.9. The van der Waals surface area contributed by atoms with Crippen LogP contribution in [0.1, 0.15) is 18.4 Å². The average molecular weight is 254 g/mol. The van der Waals surface area contributed by atoms with Crippen LogP contribution in [0.15, 0.2) is 16.8 Å². The Labute approximate surface area is 105 Å². The molecule has 2 rings (SSSR count). The molecule has 5 heteroatoms. The Bertz CT molecular complexity index is 334. The van der Waals surface area contributed by atoms with Crippen molar-refractivity contribution in [1.82, 2.24) is 10.6 Å². The van der Waals surface area contributed by atoms with Crippen molar-refractivity contribution in [3.8, 4) is 0 Å². The van der Waals surface area contributed by atoms with E-state index in [9.17, 15) is 4.79 Å². The van der Waals surface area contributed by atoms with Gasteiger partial charge in [-0.25, -0.2) is 4.79 Å². The molecule has 1 atom stereocenters. The molecule has 1 saturated heterocycles. The fourth-order valence-corrected chi connectivity index (χ4v) is 2.53. The normalized spacial score (nSPS) is 19.2. The fourth-order valence-electron chi connectivity index (χ4n) is 1.83. The van der Waals surface area contributed by atoms with Crippen molar-refractivity contribution in [2.24, 2.45) is 0 Å². The topological polar surface area (TPSA) is 50.4 Å². The monoisotopic (exact) mass is 254 g/mol. The number of carbonyl (C=O) groups excluding carboxylic acids is 1. The molecular weight excluding hydrogens is 236 g/mol. The molecule has 0 saturated carbocycles. The fraction of sp³-hybridized carbons (Fsp3) is 0.583. The lowest BCUT2D eigenvalue weighted by Crippen LogP contribution is -2.40. The molecule has 2 N–H and O–H groups in total. The highest BCUT2D eigenvalue weighted by Crippen LogP contribution is 2.10. The number of amides is 2. The molecule has 4 nitrogen and oxygen atoms in total. The molecule has 94 valence electrons. The lowest BCUT2D eigenvalue weighted by atomic mass is 10.2. The third-order valence-electron chi connectivity index (χ3n) is 2.79. The quantitative estimate of drug-likeness (QED) is 0.841. The van der Waals surface area contributed by atoms with Gasteiger partial charge in [-0.15, -0.1) is 0 Å². The number of hydrogen-bond acceptors (Lipinski definition) is 3. The van der Waals surface area contributed by atoms with Gasteiger partial charge >= 0.3 is 6.03 Å². The maximum absolute atomic E-state index is 11.5. The lowest BCUT2D eigenvalue weighted by Gasteiger charge is -2.11. The van der Waals surface area contributed by atoms with E-state index < -0.39 is 0 Å². The van der Waals surface area contributed by atoms with Gasteiger partial charge in [0.15, 0.2) is 0 Å². The Kier molecular flexibility index (Phi) is 4.82. The molecule has 17 heavy (non-hydrogen) atoms. The van der Waals surface area contributed by atoms with Crippen molar-refractivity contribution in [2.45, 2.75) is 25.4 Å². The summed E-state index contributed by atoms with van der Waals surface area (Å²) in [4.78, 5) is 11.5. The van der Waals surface area contributed by atoms with E-state index in [0.29, 0.717) is 13.1 Å². The summed E-state index contributed by atoms with van der Waals surface area (Å²) >= 11 is 1.68. The summed E-state index contributed by atoms with van der Waals surface area (Å²) in [5.74, 6) is 0. The molecule has 0 spiro atoms. The van der Waals surface area contributed by atoms with Gasteiger partial charge in [-0.1, -0.05) is 0 Å². The zero-order valence-electron chi connectivity index (χ0n) is 9.78. The average Bonchev–Trinajstić information content (AvgIpc) is 2.99. The molecule has 1 unspecified atom stereocenters. The summed E-state index contributed by atoms with van der Waals surface area (Å²) in [5, 5.41) is 9.83. The second-order valence-corrected chi connectivity index (χ2v) is 4.93. The largest absolute Gasteiger partial charge is 0.376 e. The van der Waals surface area contributed by atoms with Gasteiger partial charge in [0.1, 0.15) is 0 Å². The number of nitrogens with one attached hydrogen (secondary N) is 2. The molecule has 0 radical (unpaired) electrons. The van der Waals surface area contributed by atoms with Crippen LogP contribution in [0.5, 0.6) is 0 Å². The van der Waals surface area contributed by atoms with E-state index in [1.165, 1.54) is 5.56 Å². The van der Waals surface area contributed by atoms with Gasteiger partial charge in [-0.3, -0.25) is 0 Å². The van der Waals surface area contributed by atoms with Gasteiger partial charge in [0.2, 0.25) is 0 Å². The number of hydrogen-bond donors (Lipinski definition) is 2. The van der Waals surface area contributed by atoms with Crippen LogP contribution >= 0.6 is 11.3 Å². The van der Waals surface area contributed by atoms with Crippen LogP contribution in [0.2, 0.25) is 0 Å². The van der Waals surface area contributed by atoms with Gasteiger partial charge in [-0.2, -0.15) is 11.3 Å². The highest BCUT2D eigenvalue weighted by Gasteiger charge is 2.15. The van der Waals surface area contributed by atoms with Gasteiger partial charge in [0.25, 0.3) is 0 Å². The van der Waals surface area contributed by atoms with Gasteiger partial charge < -0.3 is 15.4 Å². The van der Waals surface area contributed by atoms with E-state index in [1.807, 2.05) is 5.38 Å².